The van der Waals surface area contributed by atoms with Gasteiger partial charge in [-0.25, -0.2) is 0 Å². The van der Waals surface area contributed by atoms with Gasteiger partial charge in [0.2, 0.25) is 0 Å². The Bertz CT molecular complexity index is 407. The molecule has 112 valence electrons. The van der Waals surface area contributed by atoms with Crippen molar-refractivity contribution >= 4 is 0 Å². The fourth-order valence-electron chi connectivity index (χ4n) is 2.85. The molecule has 0 amide bonds. The first kappa shape index (κ1) is 15.3. The molecule has 1 aromatic carbocycles. The number of hydrogen-bond acceptors (Lipinski definition) is 2. The second-order valence-corrected chi connectivity index (χ2v) is 5.37. The molecule has 1 fully saturated rings. The van der Waals surface area contributed by atoms with E-state index in [1.807, 2.05) is 30.3 Å². The van der Waals surface area contributed by atoms with E-state index in [2.05, 4.69) is 5.32 Å². The van der Waals surface area contributed by atoms with E-state index in [1.54, 1.807) is 0 Å². The number of aliphatic hydroxyl groups is 1. The van der Waals surface area contributed by atoms with Crippen LogP contribution in [-0.2, 0) is 0 Å². The molecule has 1 aliphatic rings. The van der Waals surface area contributed by atoms with Crippen molar-refractivity contribution < 1.29 is 18.3 Å². The molecule has 1 aliphatic carbocycles. The highest BCUT2D eigenvalue weighted by Crippen LogP contribution is 2.33. The van der Waals surface area contributed by atoms with E-state index in [9.17, 15) is 13.2 Å². The van der Waals surface area contributed by atoms with Crippen LogP contribution in [0, 0.1) is 0 Å². The van der Waals surface area contributed by atoms with Gasteiger partial charge in [-0.1, -0.05) is 43.2 Å². The molecule has 0 bridgehead atoms. The van der Waals surface area contributed by atoms with Crippen molar-refractivity contribution in [3.05, 3.63) is 35.9 Å². The second kappa shape index (κ2) is 6.59. The van der Waals surface area contributed by atoms with E-state index < -0.39 is 18.8 Å². The standard InChI is InChI=1S/C15H20F3NO/c16-15(17,18)14(20)10-19-13-9-5-4-8-12(13)11-6-2-1-3-7-11/h1-3,6-7,12-14,19-20H,4-5,8-10H2. The molecule has 3 atom stereocenters. The number of rotatable bonds is 4. The van der Waals surface area contributed by atoms with Gasteiger partial charge in [-0.15, -0.1) is 0 Å². The van der Waals surface area contributed by atoms with Crippen molar-refractivity contribution in [2.24, 2.45) is 0 Å². The Hall–Kier alpha value is -1.07. The zero-order valence-electron chi connectivity index (χ0n) is 11.2. The second-order valence-electron chi connectivity index (χ2n) is 5.37. The monoisotopic (exact) mass is 287 g/mol. The lowest BCUT2D eigenvalue weighted by Crippen LogP contribution is -2.45. The number of benzene rings is 1. The van der Waals surface area contributed by atoms with Crippen molar-refractivity contribution in [3.8, 4) is 0 Å². The summed E-state index contributed by atoms with van der Waals surface area (Å²) in [5, 5.41) is 12.0. The van der Waals surface area contributed by atoms with Crippen LogP contribution in [0.25, 0.3) is 0 Å². The molecule has 2 nitrogen and oxygen atoms in total. The van der Waals surface area contributed by atoms with E-state index in [0.29, 0.717) is 0 Å². The molecule has 0 heterocycles. The van der Waals surface area contributed by atoms with Crippen LogP contribution in [0.1, 0.15) is 37.2 Å². The maximum atomic E-state index is 12.3. The van der Waals surface area contributed by atoms with E-state index in [0.717, 1.165) is 31.2 Å². The topological polar surface area (TPSA) is 32.3 Å². The fourth-order valence-corrected chi connectivity index (χ4v) is 2.85. The van der Waals surface area contributed by atoms with Crippen molar-refractivity contribution in [2.45, 2.75) is 49.9 Å². The van der Waals surface area contributed by atoms with E-state index in [-0.39, 0.29) is 12.0 Å². The van der Waals surface area contributed by atoms with Gasteiger partial charge in [-0.3, -0.25) is 0 Å². The van der Waals surface area contributed by atoms with Gasteiger partial charge >= 0.3 is 6.18 Å². The molecule has 0 saturated heterocycles. The first-order valence-corrected chi connectivity index (χ1v) is 7.01. The molecule has 20 heavy (non-hydrogen) atoms. The number of nitrogens with one attached hydrogen (secondary N) is 1. The number of alkyl halides is 3. The summed E-state index contributed by atoms with van der Waals surface area (Å²) in [6, 6.07) is 9.87. The Morgan fingerprint density at radius 1 is 1.15 bits per heavy atom. The summed E-state index contributed by atoms with van der Waals surface area (Å²) in [6.07, 6.45) is -2.90. The van der Waals surface area contributed by atoms with Gasteiger partial charge in [0.1, 0.15) is 0 Å². The van der Waals surface area contributed by atoms with Crippen molar-refractivity contribution in [3.63, 3.8) is 0 Å². The third-order valence-electron chi connectivity index (χ3n) is 3.94. The van der Waals surface area contributed by atoms with Crippen LogP contribution in [0.2, 0.25) is 0 Å². The zero-order chi connectivity index (χ0) is 14.6. The number of halogens is 3. The molecule has 2 N–H and O–H groups in total. The van der Waals surface area contributed by atoms with Crippen LogP contribution in [0.5, 0.6) is 0 Å². The SMILES string of the molecule is OC(CNC1CCCCC1c1ccccc1)C(F)(F)F. The largest absolute Gasteiger partial charge is 0.415 e. The molecule has 0 aromatic heterocycles. The average molecular weight is 287 g/mol. The molecule has 0 spiro atoms. The first-order chi connectivity index (χ1) is 9.48. The van der Waals surface area contributed by atoms with Gasteiger partial charge in [0.05, 0.1) is 0 Å². The van der Waals surface area contributed by atoms with Gasteiger partial charge in [0.15, 0.2) is 6.10 Å². The summed E-state index contributed by atoms with van der Waals surface area (Å²) < 4.78 is 37.0. The lowest BCUT2D eigenvalue weighted by atomic mass is 9.80. The minimum Gasteiger partial charge on any atom is -0.382 e. The lowest BCUT2D eigenvalue weighted by molar-refractivity contribution is -0.202. The summed E-state index contributed by atoms with van der Waals surface area (Å²) in [7, 11) is 0. The Kier molecular flexibility index (Phi) is 5.05. The molecule has 0 aliphatic heterocycles. The molecule has 1 saturated carbocycles. The number of hydrogen-bond donors (Lipinski definition) is 2. The van der Waals surface area contributed by atoms with Gasteiger partial charge in [0, 0.05) is 12.6 Å². The maximum absolute atomic E-state index is 12.3. The van der Waals surface area contributed by atoms with Crippen LogP contribution < -0.4 is 5.32 Å². The van der Waals surface area contributed by atoms with E-state index >= 15 is 0 Å². The zero-order valence-corrected chi connectivity index (χ0v) is 11.2. The summed E-state index contributed by atoms with van der Waals surface area (Å²) in [5.74, 6) is 0.227. The summed E-state index contributed by atoms with van der Waals surface area (Å²) in [5.41, 5.74) is 1.16. The molecular weight excluding hydrogens is 267 g/mol. The third kappa shape index (κ3) is 3.96. The Labute approximate surface area is 117 Å². The van der Waals surface area contributed by atoms with Crippen LogP contribution >= 0.6 is 0 Å². The smallest absolute Gasteiger partial charge is 0.382 e. The highest BCUT2D eigenvalue weighted by molar-refractivity contribution is 5.22. The first-order valence-electron chi connectivity index (χ1n) is 7.01. The fraction of sp³-hybridized carbons (Fsp3) is 0.600. The van der Waals surface area contributed by atoms with Crippen molar-refractivity contribution in [1.82, 2.24) is 5.32 Å². The normalized spacial score (nSPS) is 25.4. The molecule has 3 unspecified atom stereocenters. The predicted octanol–water partition coefficient (Wildman–Crippen LogP) is 3.23. The van der Waals surface area contributed by atoms with Gasteiger partial charge in [-0.2, -0.15) is 13.2 Å². The Balaban J connectivity index is 1.98. The van der Waals surface area contributed by atoms with Crippen LogP contribution in [-0.4, -0.2) is 30.0 Å². The van der Waals surface area contributed by atoms with Gasteiger partial charge in [-0.05, 0) is 24.3 Å². The molecule has 0 radical (unpaired) electrons. The van der Waals surface area contributed by atoms with Gasteiger partial charge in [0.25, 0.3) is 0 Å². The molecule has 2 rings (SSSR count). The highest BCUT2D eigenvalue weighted by atomic mass is 19.4. The van der Waals surface area contributed by atoms with E-state index in [1.165, 1.54) is 0 Å². The summed E-state index contributed by atoms with van der Waals surface area (Å²) >= 11 is 0. The van der Waals surface area contributed by atoms with Crippen molar-refractivity contribution in [2.75, 3.05) is 6.54 Å². The molecule has 5 heteroatoms. The molecule has 1 aromatic rings. The number of aliphatic hydroxyl groups excluding tert-OH is 1. The van der Waals surface area contributed by atoms with Gasteiger partial charge < -0.3 is 10.4 Å². The van der Waals surface area contributed by atoms with Crippen LogP contribution in [0.3, 0.4) is 0 Å². The van der Waals surface area contributed by atoms with Crippen LogP contribution in [0.4, 0.5) is 13.2 Å². The quantitative estimate of drug-likeness (QED) is 0.891. The minimum absolute atomic E-state index is 0.00292. The minimum atomic E-state index is -4.55. The molecular formula is C15H20F3NO. The lowest BCUT2D eigenvalue weighted by Gasteiger charge is -2.33. The predicted molar refractivity (Wildman–Crippen MR) is 71.5 cm³/mol. The summed E-state index contributed by atoms with van der Waals surface area (Å²) in [6.45, 7) is -0.433. The summed E-state index contributed by atoms with van der Waals surface area (Å²) in [4.78, 5) is 0. The highest BCUT2D eigenvalue weighted by Gasteiger charge is 2.38. The Morgan fingerprint density at radius 3 is 2.45 bits per heavy atom. The average Bonchev–Trinajstić information content (AvgIpc) is 2.45. The third-order valence-corrected chi connectivity index (χ3v) is 3.94. The Morgan fingerprint density at radius 2 is 1.80 bits per heavy atom. The van der Waals surface area contributed by atoms with Crippen molar-refractivity contribution in [1.29, 1.82) is 0 Å². The van der Waals surface area contributed by atoms with Crippen LogP contribution in [0.15, 0.2) is 30.3 Å². The maximum Gasteiger partial charge on any atom is 0.415 e. The van der Waals surface area contributed by atoms with E-state index in [4.69, 9.17) is 5.11 Å².